The molecule has 0 aliphatic heterocycles. The van der Waals surface area contributed by atoms with Crippen molar-refractivity contribution in [3.8, 4) is 5.75 Å². The monoisotopic (exact) mass is 430 g/mol. The van der Waals surface area contributed by atoms with Crippen molar-refractivity contribution in [2.24, 2.45) is 4.99 Å². The van der Waals surface area contributed by atoms with E-state index in [-0.39, 0.29) is 17.5 Å². The molecule has 0 spiro atoms. The summed E-state index contributed by atoms with van der Waals surface area (Å²) in [5.41, 5.74) is 5.61. The average Bonchev–Trinajstić information content (AvgIpc) is 3.12. The van der Waals surface area contributed by atoms with E-state index >= 15 is 0 Å². The first-order chi connectivity index (χ1) is 15.5. The largest absolute Gasteiger partial charge is 0.511 e. The van der Waals surface area contributed by atoms with Gasteiger partial charge >= 0.3 is 0 Å². The number of allylic oxidation sites excluding steroid dienone is 2. The number of nitrogens with one attached hydrogen (secondary N) is 1. The molecule has 1 aliphatic rings. The quantitative estimate of drug-likeness (QED) is 0.463. The Morgan fingerprint density at radius 2 is 1.97 bits per heavy atom. The van der Waals surface area contributed by atoms with Crippen LogP contribution in [0.25, 0.3) is 10.9 Å². The Hall–Kier alpha value is -3.34. The first-order valence-electron chi connectivity index (χ1n) is 11.2. The van der Waals surface area contributed by atoms with Crippen LogP contribution in [0.2, 0.25) is 0 Å². The Labute approximate surface area is 188 Å². The Morgan fingerprint density at radius 3 is 2.66 bits per heavy atom. The highest BCUT2D eigenvalue weighted by Gasteiger charge is 2.30. The van der Waals surface area contributed by atoms with Gasteiger partial charge in [0, 0.05) is 41.7 Å². The minimum Gasteiger partial charge on any atom is -0.511 e. The highest BCUT2D eigenvalue weighted by atomic mass is 16.5. The SMILES string of the molecule is CCC(=NCCc1c(C)[nH]c2ccc(OC)cc12)C1=C(O)CC(c2ccccc2)CC1=O. The number of methoxy groups -OCH3 is 1. The number of carbonyl (C=O) groups excluding carboxylic acids is 1. The molecule has 1 heterocycles. The molecule has 0 fully saturated rings. The van der Waals surface area contributed by atoms with Crippen molar-refractivity contribution in [1.82, 2.24) is 4.98 Å². The fraction of sp³-hybridized carbons (Fsp3) is 0.333. The van der Waals surface area contributed by atoms with Crippen molar-refractivity contribution in [3.63, 3.8) is 0 Å². The van der Waals surface area contributed by atoms with E-state index in [0.29, 0.717) is 37.1 Å². The molecule has 1 aliphatic carbocycles. The lowest BCUT2D eigenvalue weighted by Crippen LogP contribution is -2.23. The molecule has 32 heavy (non-hydrogen) atoms. The molecule has 5 heteroatoms. The van der Waals surface area contributed by atoms with Crippen molar-refractivity contribution < 1.29 is 14.6 Å². The van der Waals surface area contributed by atoms with Gasteiger partial charge in [0.1, 0.15) is 11.5 Å². The Morgan fingerprint density at radius 1 is 1.19 bits per heavy atom. The van der Waals surface area contributed by atoms with Gasteiger partial charge in [-0.15, -0.1) is 0 Å². The number of fused-ring (bicyclic) bond motifs is 1. The highest BCUT2D eigenvalue weighted by Crippen LogP contribution is 2.34. The number of aromatic amines is 1. The molecule has 0 radical (unpaired) electrons. The Bertz CT molecular complexity index is 1190. The molecule has 1 unspecified atom stereocenters. The van der Waals surface area contributed by atoms with Gasteiger partial charge in [-0.3, -0.25) is 9.79 Å². The minimum absolute atomic E-state index is 0.0174. The van der Waals surface area contributed by atoms with Crippen LogP contribution in [-0.2, 0) is 11.2 Å². The molecular formula is C27H30N2O3. The van der Waals surface area contributed by atoms with Crippen molar-refractivity contribution in [2.45, 2.75) is 45.4 Å². The van der Waals surface area contributed by atoms with Gasteiger partial charge in [0.05, 0.1) is 12.7 Å². The zero-order chi connectivity index (χ0) is 22.7. The van der Waals surface area contributed by atoms with Crippen LogP contribution >= 0.6 is 0 Å². The van der Waals surface area contributed by atoms with Crippen LogP contribution in [0, 0.1) is 6.92 Å². The molecule has 0 amide bonds. The predicted octanol–water partition coefficient (Wildman–Crippen LogP) is 5.84. The standard InChI is InChI=1S/C27H30N2O3/c1-4-23(27-25(30)14-19(15-26(27)31)18-8-6-5-7-9-18)28-13-12-21-17(2)29-24-11-10-20(32-3)16-22(21)24/h5-11,16,19,29-30H,4,12-15H2,1-3H3. The molecule has 0 saturated heterocycles. The fourth-order valence-corrected chi connectivity index (χ4v) is 4.66. The van der Waals surface area contributed by atoms with Crippen molar-refractivity contribution in [3.05, 3.63) is 76.7 Å². The Kier molecular flexibility index (Phi) is 6.45. The third-order valence-electron chi connectivity index (χ3n) is 6.32. The normalized spacial score (nSPS) is 17.3. The summed E-state index contributed by atoms with van der Waals surface area (Å²) < 4.78 is 5.38. The molecule has 2 N–H and O–H groups in total. The van der Waals surface area contributed by atoms with Crippen LogP contribution in [0.5, 0.6) is 5.75 Å². The lowest BCUT2D eigenvalue weighted by atomic mass is 9.81. The van der Waals surface area contributed by atoms with Crippen LogP contribution in [0.4, 0.5) is 0 Å². The van der Waals surface area contributed by atoms with Crippen molar-refractivity contribution >= 4 is 22.4 Å². The summed E-state index contributed by atoms with van der Waals surface area (Å²) in [6, 6.07) is 16.0. The summed E-state index contributed by atoms with van der Waals surface area (Å²) in [5, 5.41) is 11.9. The second-order valence-electron chi connectivity index (χ2n) is 8.33. The van der Waals surface area contributed by atoms with E-state index in [1.54, 1.807) is 7.11 Å². The number of benzene rings is 2. The summed E-state index contributed by atoms with van der Waals surface area (Å²) in [4.78, 5) is 21.1. The number of hydrogen-bond donors (Lipinski definition) is 2. The van der Waals surface area contributed by atoms with Gasteiger partial charge in [-0.05, 0) is 55.0 Å². The molecular weight excluding hydrogens is 400 g/mol. The molecule has 166 valence electrons. The number of Topliss-reactive ketones (excluding diaryl/α,β-unsaturated/α-hetero) is 1. The zero-order valence-corrected chi connectivity index (χ0v) is 18.9. The maximum Gasteiger partial charge on any atom is 0.168 e. The molecule has 5 nitrogen and oxygen atoms in total. The number of aryl methyl sites for hydroxylation is 1. The summed E-state index contributed by atoms with van der Waals surface area (Å²) in [5.74, 6) is 1.00. The first kappa shape index (κ1) is 21.9. The number of aliphatic imine (C=N–C) groups is 1. The Balaban J connectivity index is 1.54. The summed E-state index contributed by atoms with van der Waals surface area (Å²) >= 11 is 0. The number of aliphatic hydroxyl groups excluding tert-OH is 1. The minimum atomic E-state index is -0.0174. The van der Waals surface area contributed by atoms with Crippen LogP contribution in [0.3, 0.4) is 0 Å². The van der Waals surface area contributed by atoms with Crippen LogP contribution in [0.15, 0.2) is 64.9 Å². The van der Waals surface area contributed by atoms with Gasteiger partial charge in [-0.25, -0.2) is 0 Å². The fourth-order valence-electron chi connectivity index (χ4n) is 4.66. The second kappa shape index (κ2) is 9.43. The number of nitrogens with zero attached hydrogens (tertiary/aromatic N) is 1. The summed E-state index contributed by atoms with van der Waals surface area (Å²) in [6.45, 7) is 4.60. The predicted molar refractivity (Wildman–Crippen MR) is 129 cm³/mol. The number of aliphatic hydroxyl groups is 1. The van der Waals surface area contributed by atoms with E-state index in [1.807, 2.05) is 55.5 Å². The van der Waals surface area contributed by atoms with Crippen LogP contribution in [0.1, 0.15) is 48.9 Å². The second-order valence-corrected chi connectivity index (χ2v) is 8.33. The molecule has 3 aromatic rings. The number of ketones is 1. The van der Waals surface area contributed by atoms with Gasteiger partial charge in [0.2, 0.25) is 0 Å². The first-order valence-corrected chi connectivity index (χ1v) is 11.2. The number of ether oxygens (including phenoxy) is 1. The average molecular weight is 431 g/mol. The zero-order valence-electron chi connectivity index (χ0n) is 18.9. The van der Waals surface area contributed by atoms with E-state index < -0.39 is 0 Å². The summed E-state index contributed by atoms with van der Waals surface area (Å²) in [7, 11) is 1.67. The van der Waals surface area contributed by atoms with Crippen molar-refractivity contribution in [1.29, 1.82) is 0 Å². The highest BCUT2D eigenvalue weighted by molar-refractivity contribution is 6.23. The topological polar surface area (TPSA) is 74.7 Å². The molecule has 0 saturated carbocycles. The van der Waals surface area contributed by atoms with Crippen LogP contribution in [-0.4, -0.2) is 35.2 Å². The summed E-state index contributed by atoms with van der Waals surface area (Å²) in [6.07, 6.45) is 2.24. The maximum atomic E-state index is 13.0. The van der Waals surface area contributed by atoms with Gasteiger partial charge in [0.15, 0.2) is 5.78 Å². The molecule has 0 bridgehead atoms. The lowest BCUT2D eigenvalue weighted by molar-refractivity contribution is -0.116. The molecule has 1 aromatic heterocycles. The van der Waals surface area contributed by atoms with Gasteiger partial charge in [0.25, 0.3) is 0 Å². The third-order valence-corrected chi connectivity index (χ3v) is 6.32. The number of H-pyrrole nitrogens is 1. The molecule has 2 aromatic carbocycles. The van der Waals surface area contributed by atoms with Gasteiger partial charge in [-0.2, -0.15) is 0 Å². The smallest absolute Gasteiger partial charge is 0.168 e. The number of rotatable bonds is 7. The van der Waals surface area contributed by atoms with Crippen molar-refractivity contribution in [2.75, 3.05) is 13.7 Å². The lowest BCUT2D eigenvalue weighted by Gasteiger charge is -2.24. The molecule has 4 rings (SSSR count). The van der Waals surface area contributed by atoms with Crippen LogP contribution < -0.4 is 4.74 Å². The van der Waals surface area contributed by atoms with E-state index in [0.717, 1.165) is 34.3 Å². The van der Waals surface area contributed by atoms with E-state index in [9.17, 15) is 9.90 Å². The van der Waals surface area contributed by atoms with E-state index in [4.69, 9.17) is 9.73 Å². The maximum absolute atomic E-state index is 13.0. The number of aromatic nitrogens is 1. The molecule has 1 atom stereocenters. The number of hydrogen-bond acceptors (Lipinski definition) is 4. The van der Waals surface area contributed by atoms with E-state index in [1.165, 1.54) is 5.56 Å². The van der Waals surface area contributed by atoms with Gasteiger partial charge in [-0.1, -0.05) is 37.3 Å². The third kappa shape index (κ3) is 4.33. The number of carbonyl (C=O) groups is 1. The van der Waals surface area contributed by atoms with E-state index in [2.05, 4.69) is 11.9 Å². The van der Waals surface area contributed by atoms with Gasteiger partial charge < -0.3 is 14.8 Å².